The maximum atomic E-state index is 10.9. The van der Waals surface area contributed by atoms with Crippen molar-refractivity contribution in [3.63, 3.8) is 0 Å². The van der Waals surface area contributed by atoms with E-state index in [1.54, 1.807) is 6.20 Å². The van der Waals surface area contributed by atoms with Crippen LogP contribution in [0, 0.1) is 0 Å². The van der Waals surface area contributed by atoms with Crippen molar-refractivity contribution in [2.75, 3.05) is 11.9 Å². The quantitative estimate of drug-likeness (QED) is 0.522. The van der Waals surface area contributed by atoms with Gasteiger partial charge < -0.3 is 10.1 Å². The van der Waals surface area contributed by atoms with E-state index in [4.69, 9.17) is 0 Å². The first-order valence-corrected chi connectivity index (χ1v) is 6.76. The fraction of sp³-hybridized carbons (Fsp3) is 0.214. The van der Waals surface area contributed by atoms with Crippen molar-refractivity contribution in [1.82, 2.24) is 9.97 Å². The normalized spacial score (nSPS) is 12.1. The number of aromatic nitrogens is 2. The van der Waals surface area contributed by atoms with Crippen LogP contribution in [0.3, 0.4) is 0 Å². The number of hydrogen-bond donors (Lipinski definition) is 1. The number of fused-ring (bicyclic) bond motifs is 1. The Morgan fingerprint density at radius 2 is 2.37 bits per heavy atom. The summed E-state index contributed by atoms with van der Waals surface area (Å²) in [4.78, 5) is 19.4. The van der Waals surface area contributed by atoms with Gasteiger partial charge in [-0.1, -0.05) is 40.2 Å². The van der Waals surface area contributed by atoms with Gasteiger partial charge in [0.05, 0.1) is 22.1 Å². The molecule has 5 heteroatoms. The van der Waals surface area contributed by atoms with Crippen molar-refractivity contribution < 1.29 is 4.79 Å². The van der Waals surface area contributed by atoms with Gasteiger partial charge in [-0.15, -0.1) is 0 Å². The van der Waals surface area contributed by atoms with Crippen LogP contribution in [0.2, 0.25) is 0 Å². The summed E-state index contributed by atoms with van der Waals surface area (Å²) in [5.41, 5.74) is 3.33. The average Bonchev–Trinajstić information content (AvgIpc) is 2.43. The number of anilines is 1. The standard InChI is InChI=1S/C14H14BrN3O/c1-9(2)6-17-13-7-16-12-5-3-4-10(11(15)8-19)14(12)18-13/h3-5,7-8,11H,1,6H2,2H3,(H,17,18). The largest absolute Gasteiger partial charge is 0.365 e. The van der Waals surface area contributed by atoms with Gasteiger partial charge >= 0.3 is 0 Å². The van der Waals surface area contributed by atoms with Gasteiger partial charge in [0.25, 0.3) is 0 Å². The second-order valence-corrected chi connectivity index (χ2v) is 5.31. The van der Waals surface area contributed by atoms with E-state index in [2.05, 4.69) is 37.8 Å². The summed E-state index contributed by atoms with van der Waals surface area (Å²) in [6.45, 7) is 6.41. The average molecular weight is 320 g/mol. The van der Waals surface area contributed by atoms with Crippen molar-refractivity contribution >= 4 is 39.1 Å². The molecule has 0 saturated heterocycles. The van der Waals surface area contributed by atoms with Gasteiger partial charge in [0, 0.05) is 12.1 Å². The highest BCUT2D eigenvalue weighted by Gasteiger charge is 2.12. The van der Waals surface area contributed by atoms with Crippen LogP contribution in [-0.2, 0) is 4.79 Å². The molecule has 98 valence electrons. The molecule has 0 radical (unpaired) electrons. The predicted molar refractivity (Wildman–Crippen MR) is 80.6 cm³/mol. The molecule has 1 N–H and O–H groups in total. The Bertz CT molecular complexity index is 627. The number of carbonyl (C=O) groups excluding carboxylic acids is 1. The van der Waals surface area contributed by atoms with Gasteiger partial charge in [-0.05, 0) is 13.0 Å². The number of benzene rings is 1. The van der Waals surface area contributed by atoms with E-state index in [9.17, 15) is 4.79 Å². The summed E-state index contributed by atoms with van der Waals surface area (Å²) in [6.07, 6.45) is 2.52. The third-order valence-corrected chi connectivity index (χ3v) is 3.30. The molecule has 1 unspecified atom stereocenters. The molecular formula is C14H14BrN3O. The van der Waals surface area contributed by atoms with Crippen molar-refractivity contribution in [2.45, 2.75) is 11.8 Å². The third kappa shape index (κ3) is 3.17. The number of nitrogens with one attached hydrogen (secondary N) is 1. The van der Waals surface area contributed by atoms with E-state index in [0.29, 0.717) is 12.4 Å². The number of hydrogen-bond acceptors (Lipinski definition) is 4. The fourth-order valence-electron chi connectivity index (χ4n) is 1.68. The monoisotopic (exact) mass is 319 g/mol. The Hall–Kier alpha value is -1.75. The molecule has 1 atom stereocenters. The SMILES string of the molecule is C=C(C)CNc1cnc2cccc(C(Br)C=O)c2n1. The molecule has 0 saturated carbocycles. The van der Waals surface area contributed by atoms with Crippen LogP contribution in [0.15, 0.2) is 36.5 Å². The first kappa shape index (κ1) is 13.7. The topological polar surface area (TPSA) is 54.9 Å². The molecule has 0 spiro atoms. The van der Waals surface area contributed by atoms with Gasteiger partial charge in [-0.2, -0.15) is 0 Å². The van der Waals surface area contributed by atoms with E-state index in [1.807, 2.05) is 25.1 Å². The molecule has 0 aliphatic rings. The van der Waals surface area contributed by atoms with E-state index in [0.717, 1.165) is 28.5 Å². The molecule has 19 heavy (non-hydrogen) atoms. The molecule has 1 heterocycles. The van der Waals surface area contributed by atoms with Gasteiger partial charge in [-0.25, -0.2) is 4.98 Å². The summed E-state index contributed by atoms with van der Waals surface area (Å²) in [5, 5.41) is 3.14. The van der Waals surface area contributed by atoms with Gasteiger partial charge in [-0.3, -0.25) is 4.98 Å². The zero-order valence-corrected chi connectivity index (χ0v) is 12.1. The molecule has 1 aromatic heterocycles. The minimum atomic E-state index is -0.373. The highest BCUT2D eigenvalue weighted by atomic mass is 79.9. The Balaban J connectivity index is 2.44. The number of alkyl halides is 1. The molecule has 0 aliphatic heterocycles. The van der Waals surface area contributed by atoms with Crippen molar-refractivity contribution in [3.8, 4) is 0 Å². The maximum Gasteiger partial charge on any atom is 0.145 e. The van der Waals surface area contributed by atoms with Crippen LogP contribution in [0.4, 0.5) is 5.82 Å². The lowest BCUT2D eigenvalue weighted by Gasteiger charge is -2.09. The van der Waals surface area contributed by atoms with E-state index < -0.39 is 0 Å². The lowest BCUT2D eigenvalue weighted by Crippen LogP contribution is -2.05. The number of halogens is 1. The van der Waals surface area contributed by atoms with Crippen LogP contribution >= 0.6 is 15.9 Å². The summed E-state index contributed by atoms with van der Waals surface area (Å²) < 4.78 is 0. The fourth-order valence-corrected chi connectivity index (χ4v) is 2.05. The first-order chi connectivity index (χ1) is 9.11. The Kier molecular flexibility index (Phi) is 4.27. The molecule has 0 bridgehead atoms. The van der Waals surface area contributed by atoms with E-state index in [-0.39, 0.29) is 4.83 Å². The Morgan fingerprint density at radius 3 is 3.05 bits per heavy atom. The van der Waals surface area contributed by atoms with E-state index in [1.165, 1.54) is 0 Å². The number of nitrogens with zero attached hydrogens (tertiary/aromatic N) is 2. The van der Waals surface area contributed by atoms with Crippen molar-refractivity contribution in [3.05, 3.63) is 42.1 Å². The van der Waals surface area contributed by atoms with Gasteiger partial charge in [0.2, 0.25) is 0 Å². The molecule has 0 amide bonds. The summed E-state index contributed by atoms with van der Waals surface area (Å²) in [5.74, 6) is 0.675. The van der Waals surface area contributed by atoms with Crippen molar-refractivity contribution in [2.24, 2.45) is 0 Å². The highest BCUT2D eigenvalue weighted by Crippen LogP contribution is 2.27. The molecule has 1 aromatic carbocycles. The molecule has 0 fully saturated rings. The van der Waals surface area contributed by atoms with Crippen LogP contribution < -0.4 is 5.32 Å². The van der Waals surface area contributed by atoms with Crippen LogP contribution in [0.1, 0.15) is 17.3 Å². The number of carbonyl (C=O) groups is 1. The number of rotatable bonds is 5. The molecule has 2 rings (SSSR count). The van der Waals surface area contributed by atoms with E-state index >= 15 is 0 Å². The number of para-hydroxylation sites is 1. The summed E-state index contributed by atoms with van der Waals surface area (Å²) in [6, 6.07) is 5.61. The maximum absolute atomic E-state index is 10.9. The molecular weight excluding hydrogens is 306 g/mol. The molecule has 4 nitrogen and oxygen atoms in total. The molecule has 2 aromatic rings. The second-order valence-electron chi connectivity index (χ2n) is 4.32. The van der Waals surface area contributed by atoms with Crippen LogP contribution in [0.5, 0.6) is 0 Å². The predicted octanol–water partition coefficient (Wildman–Crippen LogP) is 3.25. The summed E-state index contributed by atoms with van der Waals surface area (Å²) in [7, 11) is 0. The summed E-state index contributed by atoms with van der Waals surface area (Å²) >= 11 is 3.32. The second kappa shape index (κ2) is 5.93. The lowest BCUT2D eigenvalue weighted by atomic mass is 10.1. The zero-order chi connectivity index (χ0) is 13.8. The van der Waals surface area contributed by atoms with Gasteiger partial charge in [0.1, 0.15) is 12.1 Å². The minimum absolute atomic E-state index is 0.373. The third-order valence-electron chi connectivity index (χ3n) is 2.59. The van der Waals surface area contributed by atoms with Crippen LogP contribution in [-0.4, -0.2) is 22.8 Å². The highest BCUT2D eigenvalue weighted by molar-refractivity contribution is 9.09. The zero-order valence-electron chi connectivity index (χ0n) is 10.6. The smallest absolute Gasteiger partial charge is 0.145 e. The van der Waals surface area contributed by atoms with Crippen molar-refractivity contribution in [1.29, 1.82) is 0 Å². The minimum Gasteiger partial charge on any atom is -0.365 e. The molecule has 0 aliphatic carbocycles. The Morgan fingerprint density at radius 1 is 1.58 bits per heavy atom. The Labute approximate surface area is 120 Å². The number of aldehydes is 1. The van der Waals surface area contributed by atoms with Gasteiger partial charge in [0.15, 0.2) is 0 Å². The lowest BCUT2D eigenvalue weighted by molar-refractivity contribution is -0.107. The first-order valence-electron chi connectivity index (χ1n) is 5.85. The van der Waals surface area contributed by atoms with Crippen LogP contribution in [0.25, 0.3) is 11.0 Å².